The summed E-state index contributed by atoms with van der Waals surface area (Å²) in [6, 6.07) is 5.21. The van der Waals surface area contributed by atoms with Crippen molar-refractivity contribution in [1.29, 1.82) is 0 Å². The molecule has 1 aromatic rings. The summed E-state index contributed by atoms with van der Waals surface area (Å²) >= 11 is 0. The molecule has 0 aliphatic rings. The highest BCUT2D eigenvalue weighted by molar-refractivity contribution is 5.94. The molecule has 0 saturated heterocycles. The molecule has 0 unspecified atom stereocenters. The van der Waals surface area contributed by atoms with Gasteiger partial charge < -0.3 is 21.5 Å². The van der Waals surface area contributed by atoms with E-state index in [2.05, 4.69) is 21.9 Å². The first kappa shape index (κ1) is 15.5. The van der Waals surface area contributed by atoms with Gasteiger partial charge in [-0.1, -0.05) is 17.9 Å². The first-order chi connectivity index (χ1) is 9.54. The summed E-state index contributed by atoms with van der Waals surface area (Å²) in [5.41, 5.74) is 12.3. The van der Waals surface area contributed by atoms with Gasteiger partial charge in [-0.3, -0.25) is 4.79 Å². The lowest BCUT2D eigenvalue weighted by atomic mass is 10.0. The Balaban J connectivity index is 2.66. The molecule has 2 amide bonds. The molecular weight excluding hydrogens is 258 g/mol. The van der Waals surface area contributed by atoms with Crippen LogP contribution in [-0.2, 0) is 4.74 Å². The molecule has 0 aliphatic heterocycles. The first-order valence-electron chi connectivity index (χ1n) is 6.04. The van der Waals surface area contributed by atoms with Crippen molar-refractivity contribution >= 4 is 12.0 Å². The second kappa shape index (κ2) is 7.81. The third-order valence-electron chi connectivity index (χ3n) is 2.46. The molecule has 0 atom stereocenters. The smallest absolute Gasteiger partial charge is 0.404 e. The number of hydrogen-bond acceptors (Lipinski definition) is 4. The van der Waals surface area contributed by atoms with Crippen LogP contribution in [0, 0.1) is 18.8 Å². The van der Waals surface area contributed by atoms with Crippen molar-refractivity contribution in [2.45, 2.75) is 6.92 Å². The van der Waals surface area contributed by atoms with Gasteiger partial charge >= 0.3 is 6.09 Å². The van der Waals surface area contributed by atoms with Crippen LogP contribution >= 0.6 is 0 Å². The summed E-state index contributed by atoms with van der Waals surface area (Å²) in [5, 5.41) is 2.61. The Morgan fingerprint density at radius 1 is 1.40 bits per heavy atom. The van der Waals surface area contributed by atoms with E-state index in [1.165, 1.54) is 0 Å². The molecule has 0 spiro atoms. The molecule has 0 heterocycles. The van der Waals surface area contributed by atoms with Crippen LogP contribution in [0.2, 0.25) is 0 Å². The topological polar surface area (TPSA) is 107 Å². The van der Waals surface area contributed by atoms with E-state index in [0.717, 1.165) is 11.1 Å². The molecule has 0 radical (unpaired) electrons. The van der Waals surface area contributed by atoms with E-state index in [-0.39, 0.29) is 25.6 Å². The third-order valence-corrected chi connectivity index (χ3v) is 2.46. The van der Waals surface area contributed by atoms with Crippen molar-refractivity contribution < 1.29 is 14.3 Å². The molecule has 0 fully saturated rings. The number of nitrogens with two attached hydrogens (primary N) is 2. The Kier molecular flexibility index (Phi) is 6.07. The predicted molar refractivity (Wildman–Crippen MR) is 75.0 cm³/mol. The first-order valence-corrected chi connectivity index (χ1v) is 6.04. The summed E-state index contributed by atoms with van der Waals surface area (Å²) in [5.74, 6) is 5.39. The lowest BCUT2D eigenvalue weighted by Crippen LogP contribution is -2.29. The van der Waals surface area contributed by atoms with Gasteiger partial charge in [-0.2, -0.15) is 0 Å². The van der Waals surface area contributed by atoms with E-state index in [1.807, 2.05) is 13.0 Å². The average Bonchev–Trinajstić information content (AvgIpc) is 2.42. The van der Waals surface area contributed by atoms with Gasteiger partial charge in [-0.05, 0) is 24.6 Å². The molecule has 20 heavy (non-hydrogen) atoms. The maximum absolute atomic E-state index is 11.9. The van der Waals surface area contributed by atoms with Crippen LogP contribution in [0.3, 0.4) is 0 Å². The molecular formula is C14H17N3O3. The molecule has 0 aliphatic carbocycles. The zero-order valence-electron chi connectivity index (χ0n) is 11.2. The fourth-order valence-electron chi connectivity index (χ4n) is 1.46. The Morgan fingerprint density at radius 2 is 2.15 bits per heavy atom. The van der Waals surface area contributed by atoms with Crippen LogP contribution in [0.5, 0.6) is 0 Å². The number of primary amides is 1. The molecule has 0 saturated carbocycles. The summed E-state index contributed by atoms with van der Waals surface area (Å²) in [4.78, 5) is 22.2. The van der Waals surface area contributed by atoms with Gasteiger partial charge in [-0.15, -0.1) is 0 Å². The van der Waals surface area contributed by atoms with Gasteiger partial charge in [0.2, 0.25) is 0 Å². The standard InChI is InChI=1S/C14H17N3O3/c1-10-4-5-12(9-11(10)3-2-6-15)13(18)17-7-8-20-14(16)19/h4-5,9H,6-8,15H2,1H3,(H2,16,19)(H,17,18). The predicted octanol–water partition coefficient (Wildman–Crippen LogP) is 0.130. The monoisotopic (exact) mass is 275 g/mol. The second-order valence-corrected chi connectivity index (χ2v) is 3.96. The van der Waals surface area contributed by atoms with E-state index < -0.39 is 6.09 Å². The maximum Gasteiger partial charge on any atom is 0.404 e. The van der Waals surface area contributed by atoms with Crippen LogP contribution < -0.4 is 16.8 Å². The van der Waals surface area contributed by atoms with Crippen LogP contribution in [0.15, 0.2) is 18.2 Å². The third kappa shape index (κ3) is 5.00. The molecule has 6 nitrogen and oxygen atoms in total. The number of carbonyl (C=O) groups excluding carboxylic acids is 2. The van der Waals surface area contributed by atoms with Crippen LogP contribution in [0.1, 0.15) is 21.5 Å². The van der Waals surface area contributed by atoms with Gasteiger partial charge in [-0.25, -0.2) is 4.79 Å². The normalized spacial score (nSPS) is 9.30. The number of nitrogens with one attached hydrogen (secondary N) is 1. The summed E-state index contributed by atoms with van der Waals surface area (Å²) < 4.78 is 4.51. The number of amides is 2. The van der Waals surface area contributed by atoms with Crippen LogP contribution in [-0.4, -0.2) is 31.7 Å². The van der Waals surface area contributed by atoms with Gasteiger partial charge in [0.15, 0.2) is 0 Å². The van der Waals surface area contributed by atoms with Gasteiger partial charge in [0.1, 0.15) is 6.61 Å². The fourth-order valence-corrected chi connectivity index (χ4v) is 1.46. The quantitative estimate of drug-likeness (QED) is 0.536. The lowest BCUT2D eigenvalue weighted by molar-refractivity contribution is 0.0937. The lowest BCUT2D eigenvalue weighted by Gasteiger charge is -2.06. The van der Waals surface area contributed by atoms with Gasteiger partial charge in [0, 0.05) is 11.1 Å². The highest BCUT2D eigenvalue weighted by Crippen LogP contribution is 2.10. The number of carbonyl (C=O) groups is 2. The molecule has 0 aromatic heterocycles. The summed E-state index contributed by atoms with van der Waals surface area (Å²) in [6.45, 7) is 2.40. The molecule has 1 aromatic carbocycles. The van der Waals surface area contributed by atoms with Crippen LogP contribution in [0.25, 0.3) is 0 Å². The van der Waals surface area contributed by atoms with Crippen molar-refractivity contribution in [1.82, 2.24) is 5.32 Å². The van der Waals surface area contributed by atoms with Gasteiger partial charge in [0.25, 0.3) is 5.91 Å². The van der Waals surface area contributed by atoms with Crippen molar-refractivity contribution in [2.24, 2.45) is 11.5 Å². The molecule has 0 bridgehead atoms. The van der Waals surface area contributed by atoms with E-state index in [9.17, 15) is 9.59 Å². The summed E-state index contributed by atoms with van der Waals surface area (Å²) in [6.07, 6.45) is -0.867. The minimum absolute atomic E-state index is 0.0345. The molecule has 106 valence electrons. The minimum atomic E-state index is -0.867. The van der Waals surface area contributed by atoms with E-state index in [1.54, 1.807) is 12.1 Å². The molecule has 1 rings (SSSR count). The number of rotatable bonds is 4. The molecule has 5 N–H and O–H groups in total. The Labute approximate surface area is 117 Å². The number of benzene rings is 1. The maximum atomic E-state index is 11.9. The zero-order valence-corrected chi connectivity index (χ0v) is 11.2. The van der Waals surface area contributed by atoms with Crippen LogP contribution in [0.4, 0.5) is 4.79 Å². The highest BCUT2D eigenvalue weighted by atomic mass is 16.5. The van der Waals surface area contributed by atoms with Crippen molar-refractivity contribution in [3.63, 3.8) is 0 Å². The Bertz CT molecular complexity index is 559. The zero-order chi connectivity index (χ0) is 15.0. The van der Waals surface area contributed by atoms with E-state index >= 15 is 0 Å². The Hall–Kier alpha value is -2.52. The molecule has 6 heteroatoms. The van der Waals surface area contributed by atoms with Crippen molar-refractivity contribution in [2.75, 3.05) is 19.7 Å². The SMILES string of the molecule is Cc1ccc(C(=O)NCCOC(N)=O)cc1C#CCN. The van der Waals surface area contributed by atoms with Crippen molar-refractivity contribution in [3.05, 3.63) is 34.9 Å². The second-order valence-electron chi connectivity index (χ2n) is 3.96. The summed E-state index contributed by atoms with van der Waals surface area (Å²) in [7, 11) is 0. The number of ether oxygens (including phenoxy) is 1. The van der Waals surface area contributed by atoms with Gasteiger partial charge in [0.05, 0.1) is 13.1 Å². The van der Waals surface area contributed by atoms with E-state index in [4.69, 9.17) is 11.5 Å². The minimum Gasteiger partial charge on any atom is -0.448 e. The average molecular weight is 275 g/mol. The highest BCUT2D eigenvalue weighted by Gasteiger charge is 2.07. The van der Waals surface area contributed by atoms with Crippen molar-refractivity contribution in [3.8, 4) is 11.8 Å². The largest absolute Gasteiger partial charge is 0.448 e. The van der Waals surface area contributed by atoms with E-state index in [0.29, 0.717) is 5.56 Å². The Morgan fingerprint density at radius 3 is 2.80 bits per heavy atom. The number of aryl methyl sites for hydroxylation is 1. The number of hydrogen-bond donors (Lipinski definition) is 3. The fraction of sp³-hybridized carbons (Fsp3) is 0.286.